The number of likely N-dealkylation sites (tertiary alicyclic amines) is 1. The molecule has 1 fully saturated rings. The van der Waals surface area contributed by atoms with Crippen LogP contribution in [0.3, 0.4) is 0 Å². The van der Waals surface area contributed by atoms with Crippen LogP contribution in [-0.2, 0) is 52.3 Å². The van der Waals surface area contributed by atoms with Gasteiger partial charge in [-0.15, -0.1) is 0 Å². The van der Waals surface area contributed by atoms with E-state index in [-0.39, 0.29) is 56.9 Å². The fraction of sp³-hybridized carbons (Fsp3) is 0.847. The predicted molar refractivity (Wildman–Crippen MR) is 291 cm³/mol. The predicted octanol–water partition coefficient (Wildman–Crippen LogP) is 13.5. The molecule has 1 aliphatic heterocycles. The van der Waals surface area contributed by atoms with Crippen molar-refractivity contribution in [2.45, 2.75) is 246 Å². The lowest BCUT2D eigenvalue weighted by atomic mass is 9.95. The van der Waals surface area contributed by atoms with Gasteiger partial charge in [-0.1, -0.05) is 123 Å². The molecule has 1 aliphatic rings. The Kier molecular flexibility index (Phi) is 45.7. The van der Waals surface area contributed by atoms with Crippen molar-refractivity contribution in [1.29, 1.82) is 0 Å². The van der Waals surface area contributed by atoms with Crippen LogP contribution in [0.2, 0.25) is 0 Å². The summed E-state index contributed by atoms with van der Waals surface area (Å²) in [7, 11) is 0. The van der Waals surface area contributed by atoms with Gasteiger partial charge in [0.1, 0.15) is 25.9 Å². The minimum atomic E-state index is -0.593. The summed E-state index contributed by atoms with van der Waals surface area (Å²) in [5, 5.41) is 2.86. The second-order valence-corrected chi connectivity index (χ2v) is 19.9. The van der Waals surface area contributed by atoms with Gasteiger partial charge < -0.3 is 43.4 Å². The third-order valence-corrected chi connectivity index (χ3v) is 13.1. The van der Waals surface area contributed by atoms with Crippen LogP contribution in [0.25, 0.3) is 0 Å². The molecule has 0 spiro atoms. The maximum atomic E-state index is 13.2. The Labute approximate surface area is 443 Å². The van der Waals surface area contributed by atoms with E-state index in [9.17, 15) is 24.0 Å². The Bertz CT molecular complexity index is 1400. The van der Waals surface area contributed by atoms with Crippen LogP contribution in [0, 0.1) is 11.8 Å². The molecule has 0 aromatic heterocycles. The molecule has 1 heterocycles. The van der Waals surface area contributed by atoms with E-state index in [1.165, 1.54) is 25.7 Å². The number of allylic oxidation sites excluding steroid dienone is 4. The minimum Gasteiger partial charge on any atom is -0.465 e. The van der Waals surface area contributed by atoms with Gasteiger partial charge in [-0.2, -0.15) is 0 Å². The van der Waals surface area contributed by atoms with Crippen molar-refractivity contribution in [1.82, 2.24) is 10.2 Å². The van der Waals surface area contributed by atoms with Crippen LogP contribution in [-0.4, -0.2) is 113 Å². The first-order chi connectivity index (χ1) is 35.6. The number of nitrogens with zero attached hydrogens (tertiary/aromatic N) is 1. The third kappa shape index (κ3) is 41.4. The van der Waals surface area contributed by atoms with Crippen molar-refractivity contribution in [2.75, 3.05) is 65.8 Å². The molecular weight excluding hydrogens is 929 g/mol. The van der Waals surface area contributed by atoms with Gasteiger partial charge in [-0.3, -0.25) is 19.2 Å². The quantitative estimate of drug-likeness (QED) is 0.0201. The molecule has 0 aromatic carbocycles. The standard InChI is InChI=1S/C59H106N2O12/c1-6-11-16-19-22-30-45-67-57(68-46-31-23-20-17-12-7-2)40-39-56(64)72-50-51(48-70-54(62)36-27-21-24-32-47-69-58(65)52(33-15-10-5)34-26-18-13-8-3)49-71-55(63)38-37-53(35-25-14-9-4)73-59(66)60-41-44-61-42-28-29-43-61/h11-12,16-17,51-53,57H,6-10,13-15,18-50H2,1-5H3,(H,60,66)/b16-11-,17-12-. The number of nitrogens with one attached hydrogen (secondary N) is 1. The van der Waals surface area contributed by atoms with E-state index in [0.29, 0.717) is 52.0 Å². The molecule has 3 unspecified atom stereocenters. The zero-order valence-corrected chi connectivity index (χ0v) is 47.0. The number of alkyl carbamates (subject to hydrolysis) is 1. The second-order valence-electron chi connectivity index (χ2n) is 19.9. The van der Waals surface area contributed by atoms with E-state index >= 15 is 0 Å². The molecular formula is C59H106N2O12. The van der Waals surface area contributed by atoms with Gasteiger partial charge in [0.25, 0.3) is 0 Å². The Morgan fingerprint density at radius 2 is 1.03 bits per heavy atom. The minimum absolute atomic E-state index is 0.0224. The van der Waals surface area contributed by atoms with Crippen LogP contribution in [0.4, 0.5) is 4.79 Å². The zero-order chi connectivity index (χ0) is 53.3. The molecule has 0 aliphatic carbocycles. The fourth-order valence-electron chi connectivity index (χ4n) is 8.51. The number of hydrogen-bond donors (Lipinski definition) is 1. The third-order valence-electron chi connectivity index (χ3n) is 13.1. The summed E-state index contributed by atoms with van der Waals surface area (Å²) in [5.74, 6) is -2.01. The van der Waals surface area contributed by atoms with Crippen molar-refractivity contribution in [3.05, 3.63) is 24.3 Å². The van der Waals surface area contributed by atoms with E-state index in [4.69, 9.17) is 33.2 Å². The van der Waals surface area contributed by atoms with Crippen LogP contribution in [0.15, 0.2) is 24.3 Å². The first-order valence-corrected chi connectivity index (χ1v) is 29.5. The average molecular weight is 1040 g/mol. The summed E-state index contributed by atoms with van der Waals surface area (Å²) in [6.07, 6.45) is 33.3. The largest absolute Gasteiger partial charge is 0.465 e. The Balaban J connectivity index is 2.79. The van der Waals surface area contributed by atoms with Gasteiger partial charge >= 0.3 is 30.0 Å². The highest BCUT2D eigenvalue weighted by atomic mass is 16.7. The Hall–Kier alpha value is -3.49. The number of ether oxygens (including phenoxy) is 7. The second kappa shape index (κ2) is 49.4. The topological polar surface area (TPSA) is 165 Å². The SMILES string of the molecule is CC/C=C\CCCCOC(CCC(=O)OCC(COC(=O)CCCCCCOC(=O)C(CCCC)CCCCCC)COC(=O)CCC(CCCCC)OC(=O)NCCN1CCCC1)OCCCC/C=C\CC. The van der Waals surface area contributed by atoms with Gasteiger partial charge in [0.15, 0.2) is 6.29 Å². The Morgan fingerprint density at radius 1 is 0.507 bits per heavy atom. The Morgan fingerprint density at radius 3 is 1.63 bits per heavy atom. The smallest absolute Gasteiger partial charge is 0.407 e. The van der Waals surface area contributed by atoms with Gasteiger partial charge in [0.2, 0.25) is 0 Å². The van der Waals surface area contributed by atoms with Crippen LogP contribution < -0.4 is 5.32 Å². The van der Waals surface area contributed by atoms with Crippen LogP contribution in [0.5, 0.6) is 0 Å². The molecule has 1 rings (SSSR count). The van der Waals surface area contributed by atoms with Gasteiger partial charge in [-0.25, -0.2) is 4.79 Å². The number of rotatable bonds is 50. The summed E-state index contributed by atoms with van der Waals surface area (Å²) >= 11 is 0. The summed E-state index contributed by atoms with van der Waals surface area (Å²) in [6.45, 7) is 15.2. The number of amides is 1. The summed E-state index contributed by atoms with van der Waals surface area (Å²) in [4.78, 5) is 67.1. The maximum absolute atomic E-state index is 13.2. The molecule has 14 heteroatoms. The normalized spacial score (nSPS) is 14.2. The summed E-state index contributed by atoms with van der Waals surface area (Å²) in [6, 6.07) is 0. The molecule has 0 aromatic rings. The maximum Gasteiger partial charge on any atom is 0.407 e. The number of unbranched alkanes of at least 4 members (excludes halogenated alkanes) is 13. The highest BCUT2D eigenvalue weighted by Crippen LogP contribution is 2.20. The molecule has 73 heavy (non-hydrogen) atoms. The molecule has 1 amide bonds. The lowest BCUT2D eigenvalue weighted by Crippen LogP contribution is -2.35. The van der Waals surface area contributed by atoms with Crippen molar-refractivity contribution in [3.63, 3.8) is 0 Å². The molecule has 3 atom stereocenters. The van der Waals surface area contributed by atoms with E-state index < -0.39 is 36.3 Å². The van der Waals surface area contributed by atoms with E-state index in [0.717, 1.165) is 148 Å². The van der Waals surface area contributed by atoms with Crippen molar-refractivity contribution < 1.29 is 57.1 Å². The number of esters is 4. The zero-order valence-electron chi connectivity index (χ0n) is 47.0. The fourth-order valence-corrected chi connectivity index (χ4v) is 8.51. The molecule has 14 nitrogen and oxygen atoms in total. The molecule has 1 saturated heterocycles. The number of carbonyl (C=O) groups excluding carboxylic acids is 5. The van der Waals surface area contributed by atoms with Gasteiger partial charge in [-0.05, 0) is 122 Å². The van der Waals surface area contributed by atoms with Gasteiger partial charge in [0.05, 0.1) is 24.9 Å². The van der Waals surface area contributed by atoms with Crippen molar-refractivity contribution >= 4 is 30.0 Å². The lowest BCUT2D eigenvalue weighted by Gasteiger charge is -2.20. The summed E-state index contributed by atoms with van der Waals surface area (Å²) < 4.78 is 40.7. The molecule has 1 N–H and O–H groups in total. The highest BCUT2D eigenvalue weighted by Gasteiger charge is 2.23. The number of hydrogen-bond acceptors (Lipinski definition) is 13. The van der Waals surface area contributed by atoms with Crippen molar-refractivity contribution in [3.8, 4) is 0 Å². The number of carbonyl (C=O) groups is 5. The monoisotopic (exact) mass is 1030 g/mol. The van der Waals surface area contributed by atoms with E-state index in [1.54, 1.807) is 0 Å². The lowest BCUT2D eigenvalue weighted by molar-refractivity contribution is -0.162. The average Bonchev–Trinajstić information content (AvgIpc) is 3.91. The van der Waals surface area contributed by atoms with Gasteiger partial charge in [0, 0.05) is 45.6 Å². The molecule has 0 saturated carbocycles. The first-order valence-electron chi connectivity index (χ1n) is 29.5. The highest BCUT2D eigenvalue weighted by molar-refractivity contribution is 5.72. The van der Waals surface area contributed by atoms with Crippen LogP contribution >= 0.6 is 0 Å². The first kappa shape index (κ1) is 67.5. The van der Waals surface area contributed by atoms with Crippen molar-refractivity contribution in [2.24, 2.45) is 11.8 Å². The summed E-state index contributed by atoms with van der Waals surface area (Å²) in [5.41, 5.74) is 0. The van der Waals surface area contributed by atoms with Crippen LogP contribution in [0.1, 0.15) is 234 Å². The van der Waals surface area contributed by atoms with E-state index in [1.807, 2.05) is 0 Å². The molecule has 0 bridgehead atoms. The van der Waals surface area contributed by atoms with E-state index in [2.05, 4.69) is 69.1 Å². The molecule has 0 radical (unpaired) electrons. The molecule has 424 valence electrons.